The van der Waals surface area contributed by atoms with Crippen LogP contribution >= 0.6 is 0 Å². The van der Waals surface area contributed by atoms with Gasteiger partial charge in [0.15, 0.2) is 0 Å². The number of hydrogen-bond donors (Lipinski definition) is 0. The van der Waals surface area contributed by atoms with Gasteiger partial charge < -0.3 is 4.74 Å². The molecule has 0 fully saturated rings. The van der Waals surface area contributed by atoms with Gasteiger partial charge in [-0.1, -0.05) is 80.6 Å². The molecule has 3 nitrogen and oxygen atoms in total. The first-order chi connectivity index (χ1) is 14.2. The summed E-state index contributed by atoms with van der Waals surface area (Å²) < 4.78 is 10.8. The van der Waals surface area contributed by atoms with Crippen molar-refractivity contribution >= 4 is 10.8 Å². The fourth-order valence-electron chi connectivity index (χ4n) is 3.60. The maximum absolute atomic E-state index is 6.32. The van der Waals surface area contributed by atoms with E-state index in [0.29, 0.717) is 5.92 Å². The monoisotopic (exact) mass is 385 g/mol. The Morgan fingerprint density at radius 3 is 2.55 bits per heavy atom. The Kier molecular flexibility index (Phi) is 5.95. The van der Waals surface area contributed by atoms with E-state index in [1.807, 2.05) is 0 Å². The fourth-order valence-corrected chi connectivity index (χ4v) is 3.60. The minimum Gasteiger partial charge on any atom is -0.492 e. The van der Waals surface area contributed by atoms with Crippen molar-refractivity contribution in [1.82, 2.24) is 4.57 Å². The van der Waals surface area contributed by atoms with Crippen LogP contribution in [0.2, 0.25) is 0 Å². The van der Waals surface area contributed by atoms with Gasteiger partial charge in [-0.2, -0.15) is 0 Å². The molecule has 0 radical (unpaired) electrons. The summed E-state index contributed by atoms with van der Waals surface area (Å²) in [6, 6.07) is 23.4. The van der Waals surface area contributed by atoms with E-state index in [-0.39, 0.29) is 0 Å². The summed E-state index contributed by atoms with van der Waals surface area (Å²) in [6.45, 7) is 6.89. The number of benzene rings is 3. The minimum atomic E-state index is 0.634. The van der Waals surface area contributed by atoms with Crippen molar-refractivity contribution in [2.75, 3.05) is 6.61 Å². The highest BCUT2D eigenvalue weighted by atomic mass is 16.5. The lowest BCUT2D eigenvalue weighted by molar-refractivity contribution is -0.687. The van der Waals surface area contributed by atoms with Crippen molar-refractivity contribution in [3.05, 3.63) is 96.6 Å². The second-order valence-corrected chi connectivity index (χ2v) is 8.05. The Morgan fingerprint density at radius 2 is 1.72 bits per heavy atom. The highest BCUT2D eigenvalue weighted by Gasteiger charge is 2.13. The van der Waals surface area contributed by atoms with Crippen molar-refractivity contribution < 1.29 is 9.30 Å². The van der Waals surface area contributed by atoms with Crippen molar-refractivity contribution in [3.63, 3.8) is 0 Å². The van der Waals surface area contributed by atoms with E-state index >= 15 is 0 Å². The Labute approximate surface area is 173 Å². The molecule has 0 atom stereocenters. The normalized spacial score (nSPS) is 11.3. The first kappa shape index (κ1) is 19.3. The molecule has 1 heterocycles. The average molecular weight is 386 g/mol. The summed E-state index contributed by atoms with van der Waals surface area (Å²) in [5.41, 5.74) is 2.52. The van der Waals surface area contributed by atoms with Gasteiger partial charge in [0.2, 0.25) is 6.33 Å². The van der Waals surface area contributed by atoms with E-state index in [9.17, 15) is 0 Å². The summed E-state index contributed by atoms with van der Waals surface area (Å²) in [7, 11) is 0. The zero-order valence-electron chi connectivity index (χ0n) is 17.3. The summed E-state index contributed by atoms with van der Waals surface area (Å²) in [6.07, 6.45) is 7.49. The first-order valence-electron chi connectivity index (χ1n) is 10.4. The zero-order chi connectivity index (χ0) is 20.1. The van der Waals surface area contributed by atoms with Gasteiger partial charge in [0.1, 0.15) is 31.2 Å². The number of hydrogen-bond acceptors (Lipinski definition) is 1. The summed E-state index contributed by atoms with van der Waals surface area (Å²) in [5, 5.41) is 2.42. The second kappa shape index (κ2) is 8.95. The molecular formula is C26H29N2O+. The first-order valence-corrected chi connectivity index (χ1v) is 10.4. The van der Waals surface area contributed by atoms with Gasteiger partial charge in [-0.25, -0.2) is 9.13 Å². The number of rotatable bonds is 8. The van der Waals surface area contributed by atoms with Crippen LogP contribution in [0.5, 0.6) is 5.75 Å². The number of fused-ring (bicyclic) bond motifs is 1. The minimum absolute atomic E-state index is 0.634. The lowest BCUT2D eigenvalue weighted by atomic mass is 10.0. The van der Waals surface area contributed by atoms with Crippen LogP contribution in [-0.4, -0.2) is 11.2 Å². The van der Waals surface area contributed by atoms with Gasteiger partial charge in [0, 0.05) is 10.9 Å². The molecule has 0 bridgehead atoms. The van der Waals surface area contributed by atoms with Crippen molar-refractivity contribution in [1.29, 1.82) is 0 Å². The SMILES string of the molecule is CC(C)CCOc1c(Cn2cc[n+](Cc3ccccc3)c2)ccc2ccccc12. The number of imidazole rings is 1. The van der Waals surface area contributed by atoms with E-state index in [1.165, 1.54) is 21.9 Å². The molecule has 4 rings (SSSR count). The van der Waals surface area contributed by atoms with Gasteiger partial charge in [0.05, 0.1) is 6.61 Å². The molecule has 0 N–H and O–H groups in total. The maximum Gasteiger partial charge on any atom is 0.244 e. The van der Waals surface area contributed by atoms with Crippen molar-refractivity contribution in [3.8, 4) is 5.75 Å². The van der Waals surface area contributed by atoms with Crippen LogP contribution in [0.25, 0.3) is 10.8 Å². The summed E-state index contributed by atoms with van der Waals surface area (Å²) in [4.78, 5) is 0. The Bertz CT molecular complexity index is 1070. The largest absolute Gasteiger partial charge is 0.492 e. The molecular weight excluding hydrogens is 356 g/mol. The Hall–Kier alpha value is -3.07. The standard InChI is InChI=1S/C26H29N2O/c1-21(2)14-17-29-26-24(13-12-23-10-6-7-11-25(23)26)19-28-16-15-27(20-28)18-22-8-4-3-5-9-22/h3-13,15-16,20-21H,14,17-19H2,1-2H3/q+1. The van der Waals surface area contributed by atoms with Crippen LogP contribution < -0.4 is 9.30 Å². The van der Waals surface area contributed by atoms with E-state index in [4.69, 9.17) is 4.74 Å². The fraction of sp³-hybridized carbons (Fsp3) is 0.269. The molecule has 4 aromatic rings. The van der Waals surface area contributed by atoms with Crippen LogP contribution in [0.15, 0.2) is 85.5 Å². The average Bonchev–Trinajstić information content (AvgIpc) is 3.16. The zero-order valence-corrected chi connectivity index (χ0v) is 17.3. The van der Waals surface area contributed by atoms with Crippen LogP contribution in [-0.2, 0) is 13.1 Å². The third-order valence-corrected chi connectivity index (χ3v) is 5.21. The van der Waals surface area contributed by atoms with E-state index in [2.05, 4.69) is 108 Å². The van der Waals surface area contributed by atoms with E-state index < -0.39 is 0 Å². The third kappa shape index (κ3) is 4.86. The molecule has 3 heteroatoms. The third-order valence-electron chi connectivity index (χ3n) is 5.21. The highest BCUT2D eigenvalue weighted by molar-refractivity contribution is 5.89. The predicted octanol–water partition coefficient (Wildman–Crippen LogP) is 5.45. The topological polar surface area (TPSA) is 18.0 Å². The molecule has 0 aliphatic carbocycles. The van der Waals surface area contributed by atoms with Gasteiger partial charge in [0.25, 0.3) is 0 Å². The van der Waals surface area contributed by atoms with E-state index in [1.54, 1.807) is 0 Å². The molecule has 1 aromatic heterocycles. The van der Waals surface area contributed by atoms with Gasteiger partial charge in [-0.05, 0) is 23.3 Å². The van der Waals surface area contributed by atoms with Crippen molar-refractivity contribution in [2.24, 2.45) is 5.92 Å². The Morgan fingerprint density at radius 1 is 0.931 bits per heavy atom. The maximum atomic E-state index is 6.32. The number of aromatic nitrogens is 2. The highest BCUT2D eigenvalue weighted by Crippen LogP contribution is 2.31. The van der Waals surface area contributed by atoms with Crippen LogP contribution in [0.1, 0.15) is 31.4 Å². The van der Waals surface area contributed by atoms with Gasteiger partial charge >= 0.3 is 0 Å². The molecule has 0 aliphatic heterocycles. The molecule has 148 valence electrons. The summed E-state index contributed by atoms with van der Waals surface area (Å²) in [5.74, 6) is 1.65. The van der Waals surface area contributed by atoms with Crippen LogP contribution in [0.4, 0.5) is 0 Å². The molecule has 0 unspecified atom stereocenters. The van der Waals surface area contributed by atoms with Crippen molar-refractivity contribution in [2.45, 2.75) is 33.4 Å². The molecule has 0 aliphatic rings. The molecule has 0 saturated heterocycles. The molecule has 0 saturated carbocycles. The van der Waals surface area contributed by atoms with Gasteiger partial charge in [-0.3, -0.25) is 0 Å². The van der Waals surface area contributed by atoms with Crippen LogP contribution in [0.3, 0.4) is 0 Å². The van der Waals surface area contributed by atoms with E-state index in [0.717, 1.165) is 31.9 Å². The molecule has 3 aromatic carbocycles. The molecule has 0 spiro atoms. The Balaban J connectivity index is 1.57. The second-order valence-electron chi connectivity index (χ2n) is 8.05. The molecule has 0 amide bonds. The smallest absolute Gasteiger partial charge is 0.244 e. The lowest BCUT2D eigenvalue weighted by Crippen LogP contribution is -2.31. The van der Waals surface area contributed by atoms with Gasteiger partial charge in [-0.15, -0.1) is 0 Å². The summed E-state index contributed by atoms with van der Waals surface area (Å²) >= 11 is 0. The number of nitrogens with zero attached hydrogens (tertiary/aromatic N) is 2. The predicted molar refractivity (Wildman–Crippen MR) is 118 cm³/mol. The molecule has 29 heavy (non-hydrogen) atoms. The lowest BCUT2D eigenvalue weighted by Gasteiger charge is -2.14. The van der Waals surface area contributed by atoms with Crippen LogP contribution in [0, 0.1) is 5.92 Å². The quantitative estimate of drug-likeness (QED) is 0.369. The number of ether oxygens (including phenoxy) is 1.